The normalized spacial score (nSPS) is 13.7. The molecule has 1 aliphatic carbocycles. The van der Waals surface area contributed by atoms with Crippen LogP contribution in [0.25, 0.3) is 0 Å². The van der Waals surface area contributed by atoms with Gasteiger partial charge in [0.1, 0.15) is 4.88 Å². The highest BCUT2D eigenvalue weighted by molar-refractivity contribution is 7.17. The van der Waals surface area contributed by atoms with Crippen LogP contribution in [0.5, 0.6) is 0 Å². The second-order valence-electron chi connectivity index (χ2n) is 5.37. The number of nitrogens with zero attached hydrogens (tertiary/aromatic N) is 1. The largest absolute Gasteiger partial charge is 0.347 e. The number of thiazole rings is 1. The molecule has 0 bridgehead atoms. The third-order valence-corrected chi connectivity index (χ3v) is 4.55. The fraction of sp³-hybridized carbons (Fsp3) is 0.312. The Kier molecular flexibility index (Phi) is 4.20. The number of hydrogen-bond donors (Lipinski definition) is 2. The van der Waals surface area contributed by atoms with Gasteiger partial charge in [0.25, 0.3) is 5.91 Å². The lowest BCUT2D eigenvalue weighted by Gasteiger charge is -2.03. The molecule has 5 nitrogen and oxygen atoms in total. The molecule has 3 rings (SSSR count). The zero-order valence-electron chi connectivity index (χ0n) is 12.3. The Bertz CT molecular complexity index is 693. The lowest BCUT2D eigenvalue weighted by atomic mass is 10.2. The van der Waals surface area contributed by atoms with Gasteiger partial charge in [-0.2, -0.15) is 0 Å². The maximum Gasteiger partial charge on any atom is 0.263 e. The Morgan fingerprint density at radius 2 is 2.00 bits per heavy atom. The van der Waals surface area contributed by atoms with E-state index in [1.54, 1.807) is 6.92 Å². The van der Waals surface area contributed by atoms with Crippen molar-refractivity contribution in [2.24, 2.45) is 5.92 Å². The molecule has 0 unspecified atom stereocenters. The number of carbonyl (C=O) groups excluding carboxylic acids is 2. The lowest BCUT2D eigenvalue weighted by molar-refractivity contribution is -0.117. The zero-order chi connectivity index (χ0) is 15.5. The average molecular weight is 315 g/mol. The number of carbonyl (C=O) groups is 2. The van der Waals surface area contributed by atoms with Crippen LogP contribution >= 0.6 is 11.3 Å². The Morgan fingerprint density at radius 3 is 2.68 bits per heavy atom. The lowest BCUT2D eigenvalue weighted by Crippen LogP contribution is -2.22. The fourth-order valence-corrected chi connectivity index (χ4v) is 2.96. The summed E-state index contributed by atoms with van der Waals surface area (Å²) >= 11 is 1.22. The molecule has 2 amide bonds. The molecule has 1 aliphatic rings. The van der Waals surface area contributed by atoms with Crippen molar-refractivity contribution >= 4 is 28.3 Å². The molecule has 22 heavy (non-hydrogen) atoms. The van der Waals surface area contributed by atoms with Crippen molar-refractivity contribution in [2.75, 3.05) is 5.32 Å². The van der Waals surface area contributed by atoms with Crippen molar-refractivity contribution in [3.8, 4) is 0 Å². The third kappa shape index (κ3) is 3.51. The molecule has 2 aromatic rings. The molecule has 1 aromatic carbocycles. The van der Waals surface area contributed by atoms with Gasteiger partial charge in [0.15, 0.2) is 5.13 Å². The van der Waals surface area contributed by atoms with Gasteiger partial charge >= 0.3 is 0 Å². The molecule has 0 spiro atoms. The summed E-state index contributed by atoms with van der Waals surface area (Å²) in [7, 11) is 0. The summed E-state index contributed by atoms with van der Waals surface area (Å²) in [4.78, 5) is 28.8. The van der Waals surface area contributed by atoms with Gasteiger partial charge in [-0.15, -0.1) is 0 Å². The summed E-state index contributed by atoms with van der Waals surface area (Å²) in [6.07, 6.45) is 1.89. The molecule has 1 saturated carbocycles. The number of amides is 2. The van der Waals surface area contributed by atoms with Crippen molar-refractivity contribution in [1.82, 2.24) is 10.3 Å². The summed E-state index contributed by atoms with van der Waals surface area (Å²) in [6, 6.07) is 9.73. The van der Waals surface area contributed by atoms with E-state index in [4.69, 9.17) is 0 Å². The van der Waals surface area contributed by atoms with Crippen LogP contribution in [0.2, 0.25) is 0 Å². The number of benzene rings is 1. The Morgan fingerprint density at radius 1 is 1.27 bits per heavy atom. The second kappa shape index (κ2) is 6.27. The van der Waals surface area contributed by atoms with E-state index in [1.165, 1.54) is 11.3 Å². The van der Waals surface area contributed by atoms with E-state index < -0.39 is 0 Å². The van der Waals surface area contributed by atoms with Crippen LogP contribution in [-0.4, -0.2) is 16.8 Å². The number of aromatic nitrogens is 1. The molecular weight excluding hydrogens is 298 g/mol. The molecule has 6 heteroatoms. The van der Waals surface area contributed by atoms with Crippen molar-refractivity contribution in [3.63, 3.8) is 0 Å². The van der Waals surface area contributed by atoms with E-state index >= 15 is 0 Å². The summed E-state index contributed by atoms with van der Waals surface area (Å²) in [6.45, 7) is 2.25. The monoisotopic (exact) mass is 315 g/mol. The van der Waals surface area contributed by atoms with E-state index in [0.717, 1.165) is 18.4 Å². The van der Waals surface area contributed by atoms with E-state index in [1.807, 2.05) is 30.3 Å². The molecule has 0 aliphatic heterocycles. The van der Waals surface area contributed by atoms with Crippen LogP contribution in [0.15, 0.2) is 30.3 Å². The molecule has 0 radical (unpaired) electrons. The first-order valence-corrected chi connectivity index (χ1v) is 8.05. The number of rotatable bonds is 5. The topological polar surface area (TPSA) is 71.1 Å². The molecule has 0 atom stereocenters. The zero-order valence-corrected chi connectivity index (χ0v) is 13.1. The summed E-state index contributed by atoms with van der Waals surface area (Å²) in [5.74, 6) is -0.0321. The van der Waals surface area contributed by atoms with Crippen LogP contribution in [-0.2, 0) is 11.3 Å². The minimum atomic E-state index is -0.161. The molecule has 1 aromatic heterocycles. The van der Waals surface area contributed by atoms with Gasteiger partial charge in [-0.1, -0.05) is 41.7 Å². The molecule has 114 valence electrons. The SMILES string of the molecule is Cc1nc(NC(=O)C2CC2)sc1C(=O)NCc1ccccc1. The smallest absolute Gasteiger partial charge is 0.263 e. The van der Waals surface area contributed by atoms with E-state index in [-0.39, 0.29) is 17.7 Å². The maximum atomic E-state index is 12.2. The highest BCUT2D eigenvalue weighted by atomic mass is 32.1. The first-order chi connectivity index (χ1) is 10.6. The summed E-state index contributed by atoms with van der Waals surface area (Å²) in [5.41, 5.74) is 1.68. The van der Waals surface area contributed by atoms with Crippen LogP contribution in [0, 0.1) is 12.8 Å². The van der Waals surface area contributed by atoms with E-state index in [9.17, 15) is 9.59 Å². The molecular formula is C16H17N3O2S. The minimum absolute atomic E-state index is 0.00462. The van der Waals surface area contributed by atoms with Gasteiger partial charge in [-0.25, -0.2) is 4.98 Å². The summed E-state index contributed by atoms with van der Waals surface area (Å²) < 4.78 is 0. The van der Waals surface area contributed by atoms with Crippen LogP contribution in [0.3, 0.4) is 0 Å². The predicted molar refractivity (Wildman–Crippen MR) is 85.8 cm³/mol. The Hall–Kier alpha value is -2.21. The Labute approximate surface area is 132 Å². The molecule has 0 saturated heterocycles. The number of hydrogen-bond acceptors (Lipinski definition) is 4. The van der Waals surface area contributed by atoms with Crippen LogP contribution in [0.1, 0.15) is 33.8 Å². The molecule has 2 N–H and O–H groups in total. The standard InChI is InChI=1S/C16H17N3O2S/c1-10-13(15(21)17-9-11-5-3-2-4-6-11)22-16(18-10)19-14(20)12-7-8-12/h2-6,12H,7-9H2,1H3,(H,17,21)(H,18,19,20). The van der Waals surface area contributed by atoms with Gasteiger partial charge in [0, 0.05) is 12.5 Å². The maximum absolute atomic E-state index is 12.2. The highest BCUT2D eigenvalue weighted by Crippen LogP contribution is 2.31. The van der Waals surface area contributed by atoms with E-state index in [0.29, 0.717) is 22.2 Å². The molecule has 1 heterocycles. The van der Waals surface area contributed by atoms with Crippen molar-refractivity contribution < 1.29 is 9.59 Å². The van der Waals surface area contributed by atoms with E-state index in [2.05, 4.69) is 15.6 Å². The van der Waals surface area contributed by atoms with Crippen LogP contribution in [0.4, 0.5) is 5.13 Å². The second-order valence-corrected chi connectivity index (χ2v) is 6.36. The first kappa shape index (κ1) is 14.7. The summed E-state index contributed by atoms with van der Waals surface area (Å²) in [5, 5.41) is 6.16. The van der Waals surface area contributed by atoms with Crippen molar-refractivity contribution in [2.45, 2.75) is 26.3 Å². The molecule has 1 fully saturated rings. The number of anilines is 1. The third-order valence-electron chi connectivity index (χ3n) is 3.48. The number of aryl methyl sites for hydroxylation is 1. The minimum Gasteiger partial charge on any atom is -0.347 e. The fourth-order valence-electron chi connectivity index (χ4n) is 2.07. The quantitative estimate of drug-likeness (QED) is 0.891. The van der Waals surface area contributed by atoms with Gasteiger partial charge in [-0.05, 0) is 25.3 Å². The van der Waals surface area contributed by atoms with Gasteiger partial charge < -0.3 is 10.6 Å². The first-order valence-electron chi connectivity index (χ1n) is 7.24. The number of nitrogens with one attached hydrogen (secondary N) is 2. The van der Waals surface area contributed by atoms with Crippen molar-refractivity contribution in [1.29, 1.82) is 0 Å². The predicted octanol–water partition coefficient (Wildman–Crippen LogP) is 2.73. The Balaban J connectivity index is 1.62. The van der Waals surface area contributed by atoms with Crippen molar-refractivity contribution in [3.05, 3.63) is 46.5 Å². The van der Waals surface area contributed by atoms with Gasteiger partial charge in [-0.3, -0.25) is 9.59 Å². The van der Waals surface area contributed by atoms with Gasteiger partial charge in [0.2, 0.25) is 5.91 Å². The van der Waals surface area contributed by atoms with Crippen LogP contribution < -0.4 is 10.6 Å². The average Bonchev–Trinajstić information content (AvgIpc) is 3.30. The van der Waals surface area contributed by atoms with Gasteiger partial charge in [0.05, 0.1) is 5.69 Å². The highest BCUT2D eigenvalue weighted by Gasteiger charge is 2.30.